The Kier molecular flexibility index (Phi) is 1.56. The summed E-state index contributed by atoms with van der Waals surface area (Å²) < 4.78 is 4.08. The topological polar surface area (TPSA) is 33.1 Å². The van der Waals surface area contributed by atoms with E-state index in [9.17, 15) is 5.11 Å². The molecule has 1 N–H and O–H groups in total. The minimum Gasteiger partial charge on any atom is -0.385 e. The van der Waals surface area contributed by atoms with Gasteiger partial charge in [0.05, 0.1) is 5.60 Å². The van der Waals surface area contributed by atoms with Crippen molar-refractivity contribution in [3.63, 3.8) is 0 Å². The van der Waals surface area contributed by atoms with Crippen LogP contribution >= 0.6 is 11.5 Å². The Balaban J connectivity index is 1.98. The zero-order chi connectivity index (χ0) is 8.89. The third-order valence-corrected chi connectivity index (χ3v) is 4.34. The summed E-state index contributed by atoms with van der Waals surface area (Å²) in [6.45, 7) is 0. The second-order valence-electron chi connectivity index (χ2n) is 4.42. The Morgan fingerprint density at radius 1 is 1.54 bits per heavy atom. The number of hydrogen-bond donors (Lipinski definition) is 1. The molecule has 2 aliphatic carbocycles. The van der Waals surface area contributed by atoms with Crippen LogP contribution in [-0.4, -0.2) is 9.48 Å². The molecule has 3 heteroatoms. The van der Waals surface area contributed by atoms with Crippen molar-refractivity contribution in [2.45, 2.75) is 31.3 Å². The maximum Gasteiger partial charge on any atom is 0.0950 e. The molecule has 1 heterocycles. The standard InChI is InChI=1S/C10H13NOS/c12-10(9-5-11-13-6-9)4-7-1-2-8(10)3-7/h5-8,12H,1-4H2. The van der Waals surface area contributed by atoms with E-state index in [2.05, 4.69) is 4.37 Å². The van der Waals surface area contributed by atoms with Gasteiger partial charge in [-0.1, -0.05) is 0 Å². The third kappa shape index (κ3) is 1.00. The molecule has 2 bridgehead atoms. The minimum atomic E-state index is -0.518. The fourth-order valence-corrected chi connectivity index (χ4v) is 3.69. The van der Waals surface area contributed by atoms with Gasteiger partial charge in [-0.25, -0.2) is 4.37 Å². The van der Waals surface area contributed by atoms with Gasteiger partial charge in [-0.15, -0.1) is 0 Å². The van der Waals surface area contributed by atoms with Crippen LogP contribution in [0.2, 0.25) is 0 Å². The molecule has 70 valence electrons. The normalized spacial score (nSPS) is 42.8. The van der Waals surface area contributed by atoms with Crippen LogP contribution in [0.4, 0.5) is 0 Å². The molecule has 0 aliphatic heterocycles. The summed E-state index contributed by atoms with van der Waals surface area (Å²) in [6.07, 6.45) is 6.56. The van der Waals surface area contributed by atoms with Gasteiger partial charge in [-0.2, -0.15) is 0 Å². The van der Waals surface area contributed by atoms with Gasteiger partial charge in [-0.3, -0.25) is 0 Å². The number of fused-ring (bicyclic) bond motifs is 2. The fraction of sp³-hybridized carbons (Fsp3) is 0.700. The van der Waals surface area contributed by atoms with Crippen molar-refractivity contribution in [1.29, 1.82) is 0 Å². The molecule has 0 aromatic carbocycles. The van der Waals surface area contributed by atoms with Crippen LogP contribution in [0.25, 0.3) is 0 Å². The van der Waals surface area contributed by atoms with E-state index in [1.54, 1.807) is 0 Å². The molecule has 2 fully saturated rings. The molecule has 0 spiro atoms. The molecule has 0 saturated heterocycles. The first-order valence-corrected chi connectivity index (χ1v) is 5.75. The van der Waals surface area contributed by atoms with Crippen LogP contribution in [0.3, 0.4) is 0 Å². The Hall–Kier alpha value is -0.410. The Morgan fingerprint density at radius 2 is 2.46 bits per heavy atom. The van der Waals surface area contributed by atoms with E-state index < -0.39 is 5.60 Å². The lowest BCUT2D eigenvalue weighted by Gasteiger charge is -2.31. The van der Waals surface area contributed by atoms with Gasteiger partial charge in [0, 0.05) is 17.1 Å². The molecule has 3 atom stereocenters. The maximum absolute atomic E-state index is 10.5. The molecule has 1 aromatic rings. The Morgan fingerprint density at radius 3 is 3.00 bits per heavy atom. The summed E-state index contributed by atoms with van der Waals surface area (Å²) in [5, 5.41) is 12.5. The molecule has 2 nitrogen and oxygen atoms in total. The summed E-state index contributed by atoms with van der Waals surface area (Å²) in [5.74, 6) is 1.28. The number of rotatable bonds is 1. The van der Waals surface area contributed by atoms with E-state index in [1.165, 1.54) is 30.8 Å². The molecule has 0 amide bonds. The second-order valence-corrected chi connectivity index (χ2v) is 5.07. The van der Waals surface area contributed by atoms with Crippen LogP contribution in [0.5, 0.6) is 0 Å². The molecule has 13 heavy (non-hydrogen) atoms. The van der Waals surface area contributed by atoms with E-state index >= 15 is 0 Å². The Labute approximate surface area is 81.8 Å². The molecule has 2 saturated carbocycles. The molecular formula is C10H13NOS. The summed E-state index contributed by atoms with van der Waals surface area (Å²) in [7, 11) is 0. The van der Waals surface area contributed by atoms with Crippen molar-refractivity contribution in [2.24, 2.45) is 11.8 Å². The van der Waals surface area contributed by atoms with Gasteiger partial charge < -0.3 is 5.11 Å². The van der Waals surface area contributed by atoms with Gasteiger partial charge in [-0.05, 0) is 49.1 Å². The van der Waals surface area contributed by atoms with Crippen LogP contribution in [0.15, 0.2) is 11.6 Å². The summed E-state index contributed by atoms with van der Waals surface area (Å²) >= 11 is 1.44. The zero-order valence-electron chi connectivity index (χ0n) is 7.44. The lowest BCUT2D eigenvalue weighted by atomic mass is 9.80. The van der Waals surface area contributed by atoms with Crippen molar-refractivity contribution in [2.75, 3.05) is 0 Å². The number of aromatic nitrogens is 1. The highest BCUT2D eigenvalue weighted by Gasteiger charge is 2.51. The largest absolute Gasteiger partial charge is 0.385 e. The average molecular weight is 195 g/mol. The monoisotopic (exact) mass is 195 g/mol. The first-order valence-electron chi connectivity index (χ1n) is 4.91. The van der Waals surface area contributed by atoms with Crippen molar-refractivity contribution in [3.05, 3.63) is 17.1 Å². The SMILES string of the molecule is OC1(c2cnsc2)CC2CCC1C2. The molecular weight excluding hydrogens is 182 g/mol. The van der Waals surface area contributed by atoms with E-state index in [0.29, 0.717) is 5.92 Å². The maximum atomic E-state index is 10.5. The highest BCUT2D eigenvalue weighted by Crippen LogP contribution is 2.55. The first kappa shape index (κ1) is 7.94. The number of hydrogen-bond acceptors (Lipinski definition) is 3. The highest BCUT2D eigenvalue weighted by atomic mass is 32.1. The lowest BCUT2D eigenvalue weighted by molar-refractivity contribution is -0.0180. The van der Waals surface area contributed by atoms with Gasteiger partial charge in [0.2, 0.25) is 0 Å². The highest BCUT2D eigenvalue weighted by molar-refractivity contribution is 7.03. The Bertz CT molecular complexity index is 311. The van der Waals surface area contributed by atoms with E-state index in [0.717, 1.165) is 17.9 Å². The predicted molar refractivity (Wildman–Crippen MR) is 51.5 cm³/mol. The van der Waals surface area contributed by atoms with Gasteiger partial charge in [0.15, 0.2) is 0 Å². The second kappa shape index (κ2) is 2.55. The van der Waals surface area contributed by atoms with Gasteiger partial charge in [0.25, 0.3) is 0 Å². The molecule has 0 radical (unpaired) electrons. The molecule has 3 rings (SSSR count). The lowest BCUT2D eigenvalue weighted by Crippen LogP contribution is -2.31. The molecule has 2 aliphatic rings. The van der Waals surface area contributed by atoms with Crippen LogP contribution in [-0.2, 0) is 5.60 Å². The summed E-state index contributed by atoms with van der Waals surface area (Å²) in [6, 6.07) is 0. The number of nitrogens with zero attached hydrogens (tertiary/aromatic N) is 1. The van der Waals surface area contributed by atoms with Crippen molar-refractivity contribution in [3.8, 4) is 0 Å². The molecule has 1 aromatic heterocycles. The van der Waals surface area contributed by atoms with E-state index in [-0.39, 0.29) is 0 Å². The quantitative estimate of drug-likeness (QED) is 0.745. The third-order valence-electron chi connectivity index (χ3n) is 3.75. The van der Waals surface area contributed by atoms with Crippen LogP contribution in [0.1, 0.15) is 31.2 Å². The fourth-order valence-electron chi connectivity index (χ4n) is 3.07. The molecule has 3 unspecified atom stereocenters. The van der Waals surface area contributed by atoms with E-state index in [1.807, 2.05) is 11.6 Å². The van der Waals surface area contributed by atoms with Crippen LogP contribution < -0.4 is 0 Å². The summed E-state index contributed by atoms with van der Waals surface area (Å²) in [5.41, 5.74) is 0.542. The van der Waals surface area contributed by atoms with Crippen molar-refractivity contribution in [1.82, 2.24) is 4.37 Å². The zero-order valence-corrected chi connectivity index (χ0v) is 8.26. The number of aliphatic hydroxyl groups is 1. The first-order chi connectivity index (χ1) is 6.29. The smallest absolute Gasteiger partial charge is 0.0950 e. The van der Waals surface area contributed by atoms with Gasteiger partial charge >= 0.3 is 0 Å². The van der Waals surface area contributed by atoms with E-state index in [4.69, 9.17) is 0 Å². The van der Waals surface area contributed by atoms with Crippen molar-refractivity contribution < 1.29 is 5.11 Å². The van der Waals surface area contributed by atoms with Gasteiger partial charge in [0.1, 0.15) is 0 Å². The minimum absolute atomic E-state index is 0.508. The predicted octanol–water partition coefficient (Wildman–Crippen LogP) is 2.15. The van der Waals surface area contributed by atoms with Crippen molar-refractivity contribution >= 4 is 11.5 Å². The summed E-state index contributed by atoms with van der Waals surface area (Å²) in [4.78, 5) is 0. The average Bonchev–Trinajstić information content (AvgIpc) is 2.79. The van der Waals surface area contributed by atoms with Crippen LogP contribution in [0, 0.1) is 11.8 Å².